The number of carbonyl (C=O) groups is 1. The van der Waals surface area contributed by atoms with E-state index in [0.29, 0.717) is 5.69 Å². The molecule has 7 heteroatoms. The van der Waals surface area contributed by atoms with Gasteiger partial charge in [-0.25, -0.2) is 4.98 Å². The lowest BCUT2D eigenvalue weighted by atomic mass is 10.1. The lowest BCUT2D eigenvalue weighted by Gasteiger charge is -2.11. The van der Waals surface area contributed by atoms with Gasteiger partial charge in [0, 0.05) is 11.3 Å². The number of alkyl halides is 3. The van der Waals surface area contributed by atoms with Gasteiger partial charge in [0.25, 0.3) is 5.91 Å². The molecule has 1 heterocycles. The Morgan fingerprint density at radius 3 is 2.56 bits per heavy atom. The van der Waals surface area contributed by atoms with Gasteiger partial charge in [-0.15, -0.1) is 0 Å². The SMILES string of the molecule is CC(C)c1cc(C(=O)NCC(F)(F)F)cc(N)n1. The number of aromatic nitrogens is 1. The summed E-state index contributed by atoms with van der Waals surface area (Å²) in [4.78, 5) is 15.5. The van der Waals surface area contributed by atoms with Crippen LogP contribution in [-0.4, -0.2) is 23.6 Å². The molecule has 3 N–H and O–H groups in total. The second kappa shape index (κ2) is 5.24. The summed E-state index contributed by atoms with van der Waals surface area (Å²) in [5, 5.41) is 1.78. The fourth-order valence-electron chi connectivity index (χ4n) is 1.28. The number of nitrogen functional groups attached to an aromatic ring is 1. The molecule has 18 heavy (non-hydrogen) atoms. The normalized spacial score (nSPS) is 11.7. The van der Waals surface area contributed by atoms with Crippen molar-refractivity contribution in [1.29, 1.82) is 0 Å². The van der Waals surface area contributed by atoms with Crippen LogP contribution < -0.4 is 11.1 Å². The van der Waals surface area contributed by atoms with E-state index in [2.05, 4.69) is 4.98 Å². The summed E-state index contributed by atoms with van der Waals surface area (Å²) >= 11 is 0. The van der Waals surface area contributed by atoms with Gasteiger partial charge in [0.1, 0.15) is 12.4 Å². The average Bonchev–Trinajstić information content (AvgIpc) is 2.23. The topological polar surface area (TPSA) is 68.0 Å². The zero-order valence-corrected chi connectivity index (χ0v) is 10.0. The molecule has 4 nitrogen and oxygen atoms in total. The van der Waals surface area contributed by atoms with Crippen molar-refractivity contribution in [2.45, 2.75) is 25.9 Å². The molecule has 0 aliphatic carbocycles. The second-order valence-corrected chi connectivity index (χ2v) is 4.16. The summed E-state index contributed by atoms with van der Waals surface area (Å²) in [5.74, 6) is -0.677. The van der Waals surface area contributed by atoms with Crippen molar-refractivity contribution in [2.75, 3.05) is 12.3 Å². The molecule has 0 spiro atoms. The molecule has 0 aromatic carbocycles. The summed E-state index contributed by atoms with van der Waals surface area (Å²) < 4.78 is 35.9. The van der Waals surface area contributed by atoms with E-state index in [1.165, 1.54) is 12.1 Å². The van der Waals surface area contributed by atoms with Crippen LogP contribution in [0.5, 0.6) is 0 Å². The van der Waals surface area contributed by atoms with Crippen LogP contribution in [0.25, 0.3) is 0 Å². The average molecular weight is 261 g/mol. The molecule has 0 bridgehead atoms. The van der Waals surface area contributed by atoms with Crippen LogP contribution in [0.15, 0.2) is 12.1 Å². The number of rotatable bonds is 3. The molecular weight excluding hydrogens is 247 g/mol. The van der Waals surface area contributed by atoms with E-state index in [9.17, 15) is 18.0 Å². The standard InChI is InChI=1S/C11H14F3N3O/c1-6(2)8-3-7(4-9(15)17-8)10(18)16-5-11(12,13)14/h3-4,6H,5H2,1-2H3,(H2,15,17)(H,16,18). The molecule has 0 aliphatic heterocycles. The van der Waals surface area contributed by atoms with E-state index in [4.69, 9.17) is 5.73 Å². The highest BCUT2D eigenvalue weighted by Gasteiger charge is 2.28. The number of nitrogens with two attached hydrogens (primary N) is 1. The van der Waals surface area contributed by atoms with Crippen molar-refractivity contribution in [2.24, 2.45) is 0 Å². The predicted molar refractivity (Wildman–Crippen MR) is 61.1 cm³/mol. The summed E-state index contributed by atoms with van der Waals surface area (Å²) in [6.07, 6.45) is -4.44. The van der Waals surface area contributed by atoms with Gasteiger partial charge in [0.15, 0.2) is 0 Å². The number of halogens is 3. The third-order valence-electron chi connectivity index (χ3n) is 2.17. The Kier molecular flexibility index (Phi) is 4.15. The number of nitrogens with one attached hydrogen (secondary N) is 1. The third kappa shape index (κ3) is 4.23. The minimum absolute atomic E-state index is 0.0302. The number of anilines is 1. The van der Waals surface area contributed by atoms with E-state index in [1.807, 2.05) is 13.8 Å². The molecule has 1 rings (SSSR count). The first-order valence-electron chi connectivity index (χ1n) is 5.31. The summed E-state index contributed by atoms with van der Waals surface area (Å²) in [5.41, 5.74) is 6.14. The van der Waals surface area contributed by atoms with E-state index >= 15 is 0 Å². The molecule has 0 saturated heterocycles. The maximum Gasteiger partial charge on any atom is 0.405 e. The zero-order chi connectivity index (χ0) is 13.9. The Morgan fingerprint density at radius 2 is 2.06 bits per heavy atom. The van der Waals surface area contributed by atoms with Crippen LogP contribution >= 0.6 is 0 Å². The highest BCUT2D eigenvalue weighted by Crippen LogP contribution is 2.17. The fraction of sp³-hybridized carbons (Fsp3) is 0.455. The molecule has 0 aliphatic rings. The van der Waals surface area contributed by atoms with Gasteiger partial charge in [0.05, 0.1) is 0 Å². The highest BCUT2D eigenvalue weighted by atomic mass is 19.4. The third-order valence-corrected chi connectivity index (χ3v) is 2.17. The molecule has 1 amide bonds. The lowest BCUT2D eigenvalue weighted by Crippen LogP contribution is -2.33. The lowest BCUT2D eigenvalue weighted by molar-refractivity contribution is -0.123. The van der Waals surface area contributed by atoms with Gasteiger partial charge >= 0.3 is 6.18 Å². The molecule has 1 aromatic heterocycles. The van der Waals surface area contributed by atoms with E-state index in [-0.39, 0.29) is 17.3 Å². The number of pyridine rings is 1. The van der Waals surface area contributed by atoms with Crippen molar-refractivity contribution >= 4 is 11.7 Å². The Labute approximate surface area is 102 Å². The second-order valence-electron chi connectivity index (χ2n) is 4.16. The number of carbonyl (C=O) groups excluding carboxylic acids is 1. The number of hydrogen-bond acceptors (Lipinski definition) is 3. The minimum atomic E-state index is -4.44. The van der Waals surface area contributed by atoms with E-state index in [1.54, 1.807) is 5.32 Å². The van der Waals surface area contributed by atoms with Crippen LogP contribution in [0, 0.1) is 0 Å². The van der Waals surface area contributed by atoms with Gasteiger partial charge in [-0.1, -0.05) is 13.8 Å². The largest absolute Gasteiger partial charge is 0.405 e. The van der Waals surface area contributed by atoms with Gasteiger partial charge in [0.2, 0.25) is 0 Å². The van der Waals surface area contributed by atoms with Crippen molar-refractivity contribution in [3.05, 3.63) is 23.4 Å². The number of nitrogens with zero attached hydrogens (tertiary/aromatic N) is 1. The molecule has 0 saturated carbocycles. The predicted octanol–water partition coefficient (Wildman–Crippen LogP) is 2.08. The number of amides is 1. The van der Waals surface area contributed by atoms with Gasteiger partial charge < -0.3 is 11.1 Å². The maximum absolute atomic E-state index is 12.0. The fourth-order valence-corrected chi connectivity index (χ4v) is 1.28. The first-order valence-corrected chi connectivity index (χ1v) is 5.31. The summed E-state index contributed by atoms with van der Waals surface area (Å²) in [7, 11) is 0. The van der Waals surface area contributed by atoms with Crippen molar-refractivity contribution in [3.63, 3.8) is 0 Å². The highest BCUT2D eigenvalue weighted by molar-refractivity contribution is 5.94. The zero-order valence-electron chi connectivity index (χ0n) is 10.0. The van der Waals surface area contributed by atoms with E-state index in [0.717, 1.165) is 0 Å². The quantitative estimate of drug-likeness (QED) is 0.875. The van der Waals surface area contributed by atoms with Gasteiger partial charge in [-0.3, -0.25) is 4.79 Å². The molecule has 0 fully saturated rings. The molecule has 100 valence electrons. The molecular formula is C11H14F3N3O. The van der Waals surface area contributed by atoms with Crippen molar-refractivity contribution in [1.82, 2.24) is 10.3 Å². The minimum Gasteiger partial charge on any atom is -0.384 e. The number of hydrogen-bond donors (Lipinski definition) is 2. The van der Waals surface area contributed by atoms with Gasteiger partial charge in [-0.2, -0.15) is 13.2 Å². The Morgan fingerprint density at radius 1 is 1.44 bits per heavy atom. The smallest absolute Gasteiger partial charge is 0.384 e. The van der Waals surface area contributed by atoms with Crippen LogP contribution in [0.2, 0.25) is 0 Å². The summed E-state index contributed by atoms with van der Waals surface area (Å²) in [6, 6.07) is 2.68. The Hall–Kier alpha value is -1.79. The van der Waals surface area contributed by atoms with E-state index < -0.39 is 18.6 Å². The molecule has 0 atom stereocenters. The molecule has 1 aromatic rings. The van der Waals surface area contributed by atoms with Gasteiger partial charge in [-0.05, 0) is 18.1 Å². The maximum atomic E-state index is 12.0. The molecule has 0 radical (unpaired) electrons. The Bertz CT molecular complexity index is 444. The van der Waals surface area contributed by atoms with Crippen LogP contribution in [0.1, 0.15) is 35.8 Å². The van der Waals surface area contributed by atoms with Crippen LogP contribution in [0.4, 0.5) is 19.0 Å². The first kappa shape index (κ1) is 14.3. The Balaban J connectivity index is 2.86. The van der Waals surface area contributed by atoms with Crippen molar-refractivity contribution < 1.29 is 18.0 Å². The van der Waals surface area contributed by atoms with Crippen molar-refractivity contribution in [3.8, 4) is 0 Å². The first-order chi connectivity index (χ1) is 8.19. The molecule has 0 unspecified atom stereocenters. The van der Waals surface area contributed by atoms with Crippen LogP contribution in [0.3, 0.4) is 0 Å². The van der Waals surface area contributed by atoms with Crippen LogP contribution in [-0.2, 0) is 0 Å². The summed E-state index contributed by atoms with van der Waals surface area (Å²) in [6.45, 7) is 2.32. The monoisotopic (exact) mass is 261 g/mol.